The van der Waals surface area contributed by atoms with Gasteiger partial charge in [-0.2, -0.15) is 0 Å². The van der Waals surface area contributed by atoms with Gasteiger partial charge in [0.25, 0.3) is 0 Å². The molecule has 3 unspecified atom stereocenters. The van der Waals surface area contributed by atoms with Crippen LogP contribution >= 0.6 is 0 Å². The average Bonchev–Trinajstić information content (AvgIpc) is 4.41. The number of imidazole rings is 5. The molecule has 0 aliphatic rings. The van der Waals surface area contributed by atoms with Gasteiger partial charge in [-0.15, -0.1) is 0 Å². The summed E-state index contributed by atoms with van der Waals surface area (Å²) in [4.78, 5) is 42.7. The summed E-state index contributed by atoms with van der Waals surface area (Å²) >= 11 is 0. The van der Waals surface area contributed by atoms with E-state index in [2.05, 4.69) is 136 Å². The Balaban J connectivity index is 0.000000358. The zero-order valence-corrected chi connectivity index (χ0v) is 53.2. The molecule has 0 radical (unpaired) electrons. The molecule has 17 heteroatoms. The molecule has 0 spiro atoms. The number of nitrogens with zero attached hydrogens (tertiary/aromatic N) is 14. The summed E-state index contributed by atoms with van der Waals surface area (Å²) in [7, 11) is 7.82. The first-order chi connectivity index (χ1) is 40.0. The Kier molecular flexibility index (Phi) is 27.4. The number of nitrogens with one attached hydrogen (secondary N) is 1. The van der Waals surface area contributed by atoms with Gasteiger partial charge >= 0.3 is 0 Å². The van der Waals surface area contributed by atoms with Crippen LogP contribution < -0.4 is 14.5 Å². The van der Waals surface area contributed by atoms with E-state index in [0.29, 0.717) is 24.2 Å². The molecule has 9 aromatic heterocycles. The predicted octanol–water partition coefficient (Wildman–Crippen LogP) is 12.2. The van der Waals surface area contributed by atoms with Crippen molar-refractivity contribution in [2.75, 3.05) is 6.54 Å². The molecular formula is C66H91N15OOs+2. The molecule has 9 aromatic rings. The third kappa shape index (κ3) is 20.6. The summed E-state index contributed by atoms with van der Waals surface area (Å²) in [6.07, 6.45) is 48.1. The standard InChI is InChI=1S/C50H70N7O.2C8H10N4.Os/c1-5-7-8-14-31-55-34-23-44(24-35-55)41(3)39-47(45-21-28-51-29-22-45)40-43(6-2)46-25-36-56(37-26-46)32-15-11-12-20-49(58)52-27-13-9-10-16-33-57-38-30-53-50(57)48-19-17-18-42(4)54-48;2*1-11-5-3-9-7(11)8-10-4-6-12(8)2;/h17-19,21-26,28-30,34-38,41,43,47H,5-16,20,27,31-33,39-40H2,1-4H3;2*3-6H,1-2H3;/q+1;;;/p+1. The van der Waals surface area contributed by atoms with Gasteiger partial charge in [0.2, 0.25) is 5.91 Å². The summed E-state index contributed by atoms with van der Waals surface area (Å²) in [6, 6.07) is 19.8. The molecule has 1 amide bonds. The van der Waals surface area contributed by atoms with Crippen LogP contribution in [0.15, 0.2) is 154 Å². The molecule has 83 heavy (non-hydrogen) atoms. The van der Waals surface area contributed by atoms with Crippen LogP contribution in [0.5, 0.6) is 0 Å². The van der Waals surface area contributed by atoms with Crippen LogP contribution in [0.2, 0.25) is 0 Å². The van der Waals surface area contributed by atoms with Gasteiger partial charge in [-0.3, -0.25) is 9.78 Å². The van der Waals surface area contributed by atoms with E-state index >= 15 is 0 Å². The zero-order chi connectivity index (χ0) is 57.9. The van der Waals surface area contributed by atoms with Crippen molar-refractivity contribution in [2.24, 2.45) is 28.2 Å². The quantitative estimate of drug-likeness (QED) is 0.0359. The maximum atomic E-state index is 12.5. The minimum atomic E-state index is 0. The number of unbranched alkanes of at least 4 members (excludes halogenated alkanes) is 8. The second kappa shape index (κ2) is 35.0. The molecule has 16 nitrogen and oxygen atoms in total. The van der Waals surface area contributed by atoms with Crippen LogP contribution in [-0.2, 0) is 72.4 Å². The third-order valence-corrected chi connectivity index (χ3v) is 15.5. The van der Waals surface area contributed by atoms with Gasteiger partial charge in [0.05, 0.1) is 0 Å². The molecule has 442 valence electrons. The van der Waals surface area contributed by atoms with Crippen molar-refractivity contribution >= 4 is 5.91 Å². The first-order valence-corrected chi connectivity index (χ1v) is 30.0. The van der Waals surface area contributed by atoms with E-state index in [0.717, 1.165) is 131 Å². The average molecular weight is 1300 g/mol. The Bertz CT molecular complexity index is 3060. The van der Waals surface area contributed by atoms with Gasteiger partial charge in [-0.1, -0.05) is 52.5 Å². The van der Waals surface area contributed by atoms with E-state index in [1.165, 1.54) is 42.4 Å². The summed E-state index contributed by atoms with van der Waals surface area (Å²) in [5.41, 5.74) is 6.17. The van der Waals surface area contributed by atoms with Gasteiger partial charge < -0.3 is 28.2 Å². The number of pyridine rings is 4. The number of rotatable bonds is 29. The van der Waals surface area contributed by atoms with Crippen molar-refractivity contribution < 1.29 is 33.7 Å². The van der Waals surface area contributed by atoms with E-state index in [-0.39, 0.29) is 25.7 Å². The molecule has 0 aliphatic carbocycles. The molecule has 9 heterocycles. The van der Waals surface area contributed by atoms with Crippen LogP contribution in [0, 0.1) is 6.92 Å². The Morgan fingerprint density at radius 3 is 1.54 bits per heavy atom. The van der Waals surface area contributed by atoms with Gasteiger partial charge in [-0.05, 0) is 117 Å². The molecule has 0 aromatic carbocycles. The van der Waals surface area contributed by atoms with E-state index < -0.39 is 0 Å². The van der Waals surface area contributed by atoms with Gasteiger partial charge in [0.1, 0.15) is 18.8 Å². The number of hydrogen-bond donors (Lipinski definition) is 1. The molecule has 0 bridgehead atoms. The van der Waals surface area contributed by atoms with E-state index in [9.17, 15) is 4.79 Å². The largest absolute Gasteiger partial charge is 0.356 e. The van der Waals surface area contributed by atoms with E-state index in [1.807, 2.05) is 121 Å². The van der Waals surface area contributed by atoms with Crippen molar-refractivity contribution in [3.8, 4) is 34.8 Å². The fourth-order valence-corrected chi connectivity index (χ4v) is 10.6. The van der Waals surface area contributed by atoms with E-state index in [1.54, 1.807) is 24.8 Å². The number of amides is 1. The number of aromatic nitrogens is 14. The first kappa shape index (κ1) is 64.9. The summed E-state index contributed by atoms with van der Waals surface area (Å²) < 4.78 is 14.6. The number of carbonyl (C=O) groups excluding carboxylic acids is 1. The molecule has 0 fully saturated rings. The first-order valence-electron chi connectivity index (χ1n) is 30.0. The molecular weight excluding hydrogens is 1210 g/mol. The Morgan fingerprint density at radius 1 is 0.530 bits per heavy atom. The van der Waals surface area contributed by atoms with Crippen LogP contribution in [0.25, 0.3) is 34.8 Å². The normalized spacial score (nSPS) is 12.1. The summed E-state index contributed by atoms with van der Waals surface area (Å²) in [6.45, 7) is 12.8. The predicted molar refractivity (Wildman–Crippen MR) is 326 cm³/mol. The van der Waals surface area contributed by atoms with Gasteiger partial charge in [0, 0.05) is 185 Å². The summed E-state index contributed by atoms with van der Waals surface area (Å²) in [5, 5.41) is 3.14. The number of carbonyl (C=O) groups is 1. The Labute approximate surface area is 507 Å². The monoisotopic (exact) mass is 1300 g/mol. The fraction of sp³-hybridized carbons (Fsp3) is 0.455. The molecule has 0 aliphatic heterocycles. The van der Waals surface area contributed by atoms with Crippen LogP contribution in [0.3, 0.4) is 0 Å². The number of hydrogen-bond acceptors (Lipinski definition) is 8. The van der Waals surface area contributed by atoms with Crippen LogP contribution in [0.1, 0.15) is 157 Å². The maximum absolute atomic E-state index is 12.5. The van der Waals surface area contributed by atoms with Gasteiger partial charge in [-0.25, -0.2) is 39.0 Å². The minimum Gasteiger partial charge on any atom is -0.356 e. The topological polar surface area (TPSA) is 152 Å². The molecule has 1 N–H and O–H groups in total. The Morgan fingerprint density at radius 2 is 1.02 bits per heavy atom. The van der Waals surface area contributed by atoms with Crippen molar-refractivity contribution in [1.82, 2.24) is 63.0 Å². The zero-order valence-electron chi connectivity index (χ0n) is 50.6. The molecule has 0 saturated heterocycles. The Hall–Kier alpha value is -7.24. The van der Waals surface area contributed by atoms with Crippen LogP contribution in [0.4, 0.5) is 0 Å². The van der Waals surface area contributed by atoms with Crippen molar-refractivity contribution in [3.05, 3.63) is 176 Å². The maximum Gasteiger partial charge on any atom is 0.219 e. The second-order valence-corrected chi connectivity index (χ2v) is 21.9. The number of aryl methyl sites for hydroxylation is 8. The third-order valence-electron chi connectivity index (χ3n) is 15.5. The molecule has 3 atom stereocenters. The van der Waals surface area contributed by atoms with E-state index in [4.69, 9.17) is 0 Å². The van der Waals surface area contributed by atoms with Crippen LogP contribution in [-0.4, -0.2) is 70.2 Å². The second-order valence-electron chi connectivity index (χ2n) is 21.9. The van der Waals surface area contributed by atoms with Gasteiger partial charge in [0.15, 0.2) is 53.9 Å². The summed E-state index contributed by atoms with van der Waals surface area (Å²) in [5.74, 6) is 6.11. The van der Waals surface area contributed by atoms with Crippen molar-refractivity contribution in [1.29, 1.82) is 0 Å². The molecule has 9 rings (SSSR count). The SMILES string of the molecule is CCCCCC[n+]1ccc(C(C)CC(CC(CC)c2cc[n+](CCCCCC(=O)NCCCCCCn3ccnc3-c3cccc(C)n3)cc2)c2ccncc2)cc1.Cn1ccnc1-c1nccn1C.Cn1ccnc1-c1nccn1C.[Os]. The fourth-order valence-electron chi connectivity index (χ4n) is 10.6. The minimum absolute atomic E-state index is 0. The smallest absolute Gasteiger partial charge is 0.219 e. The molecule has 0 saturated carbocycles. The van der Waals surface area contributed by atoms with Crippen molar-refractivity contribution in [3.63, 3.8) is 0 Å². The van der Waals surface area contributed by atoms with Crippen molar-refractivity contribution in [2.45, 2.75) is 161 Å².